The van der Waals surface area contributed by atoms with Crippen molar-refractivity contribution in [3.05, 3.63) is 72.6 Å². The molecule has 45 heavy (non-hydrogen) atoms. The maximum Gasteiger partial charge on any atom is 0.573 e. The van der Waals surface area contributed by atoms with Crippen molar-refractivity contribution in [2.45, 2.75) is 26.1 Å². The third-order valence-corrected chi connectivity index (χ3v) is 7.51. The number of urea groups is 1. The van der Waals surface area contributed by atoms with Crippen molar-refractivity contribution >= 4 is 40.2 Å². The molecule has 1 aromatic heterocycles. The average Bonchev–Trinajstić information content (AvgIpc) is 3.63. The molecule has 0 unspecified atom stereocenters. The molecule has 3 amide bonds. The van der Waals surface area contributed by atoms with Crippen LogP contribution in [0.1, 0.15) is 25.3 Å². The molecule has 1 aliphatic rings. The van der Waals surface area contributed by atoms with Crippen molar-refractivity contribution in [2.24, 2.45) is 4.99 Å². The summed E-state index contributed by atoms with van der Waals surface area (Å²) < 4.78 is 53.5. The summed E-state index contributed by atoms with van der Waals surface area (Å²) >= 11 is 1.16. The monoisotopic (exact) mass is 640 g/mol. The van der Waals surface area contributed by atoms with Crippen LogP contribution in [-0.2, 0) is 4.79 Å². The number of thioether (sulfide) groups is 1. The summed E-state index contributed by atoms with van der Waals surface area (Å²) in [6.45, 7) is 4.01. The maximum absolute atomic E-state index is 13.0. The van der Waals surface area contributed by atoms with Crippen LogP contribution in [0.2, 0.25) is 0 Å². The molecule has 15 heteroatoms. The second kappa shape index (κ2) is 12.9. The number of nitrogens with zero attached hydrogens (tertiary/aromatic N) is 5. The molecule has 1 N–H and O–H groups in total. The smallest absolute Gasteiger partial charge is 0.497 e. The Morgan fingerprint density at radius 2 is 1.76 bits per heavy atom. The first-order valence-corrected chi connectivity index (χ1v) is 14.4. The lowest BCUT2D eigenvalue weighted by Gasteiger charge is -2.22. The normalized spacial score (nSPS) is 14.3. The lowest BCUT2D eigenvalue weighted by molar-refractivity contribution is -0.274. The average molecular weight is 641 g/mol. The van der Waals surface area contributed by atoms with Crippen molar-refractivity contribution < 1.29 is 37.0 Å². The summed E-state index contributed by atoms with van der Waals surface area (Å²) in [5.41, 5.74) is 2.84. The van der Waals surface area contributed by atoms with Gasteiger partial charge in [-0.25, -0.2) is 14.5 Å². The molecule has 2 heterocycles. The van der Waals surface area contributed by atoms with E-state index in [2.05, 4.69) is 25.1 Å². The largest absolute Gasteiger partial charge is 0.573 e. The summed E-state index contributed by atoms with van der Waals surface area (Å²) in [7, 11) is 2.97. The van der Waals surface area contributed by atoms with Crippen LogP contribution in [0, 0.1) is 0 Å². The van der Waals surface area contributed by atoms with Crippen molar-refractivity contribution in [1.29, 1.82) is 0 Å². The molecule has 1 saturated heterocycles. The standard InChI is InChI=1S/C30H27F3N6O5S/c1-17(2)22-11-10-21(42-3)14-24(22)39-26(40)15-45-29(39)36-28(41)35-23-12-5-18(13-25(23)43-4)27-34-16-38(37-27)19-6-8-20(9-7-19)44-30(31,32)33/h5-14,16-17H,15H2,1-4H3,(H,35,41). The van der Waals surface area contributed by atoms with Crippen LogP contribution >= 0.6 is 11.8 Å². The van der Waals surface area contributed by atoms with E-state index in [1.807, 2.05) is 26.0 Å². The minimum Gasteiger partial charge on any atom is -0.497 e. The first-order chi connectivity index (χ1) is 21.5. The fourth-order valence-electron chi connectivity index (χ4n) is 4.50. The number of nitrogens with one attached hydrogen (secondary N) is 1. The van der Waals surface area contributed by atoms with Crippen molar-refractivity contribution in [3.8, 4) is 34.3 Å². The number of ether oxygens (including phenoxy) is 3. The highest BCUT2D eigenvalue weighted by atomic mass is 32.2. The number of halogens is 3. The SMILES string of the molecule is COc1ccc(C(C)C)c(N2C(=O)CSC2=NC(=O)Nc2ccc(-c3ncn(-c4ccc(OC(F)(F)F)cc4)n3)cc2OC)c1. The van der Waals surface area contributed by atoms with Crippen LogP contribution in [0.4, 0.5) is 29.3 Å². The van der Waals surface area contributed by atoms with E-state index in [1.165, 1.54) is 54.4 Å². The third kappa shape index (κ3) is 7.20. The number of aliphatic imine (C=N–C) groups is 1. The van der Waals surface area contributed by atoms with E-state index in [-0.39, 0.29) is 28.5 Å². The Bertz CT molecular complexity index is 1760. The zero-order valence-corrected chi connectivity index (χ0v) is 25.3. The molecule has 234 valence electrons. The Balaban J connectivity index is 1.34. The zero-order valence-electron chi connectivity index (χ0n) is 24.5. The van der Waals surface area contributed by atoms with Gasteiger partial charge in [0.25, 0.3) is 0 Å². The number of aromatic nitrogens is 3. The molecule has 1 aliphatic heterocycles. The molecule has 11 nitrogen and oxygen atoms in total. The molecule has 0 radical (unpaired) electrons. The number of anilines is 2. The summed E-state index contributed by atoms with van der Waals surface area (Å²) in [5, 5.41) is 7.33. The van der Waals surface area contributed by atoms with Gasteiger partial charge in [0, 0.05) is 11.6 Å². The number of methoxy groups -OCH3 is 2. The molecule has 3 aromatic carbocycles. The highest BCUT2D eigenvalue weighted by molar-refractivity contribution is 8.15. The number of hydrogen-bond donors (Lipinski definition) is 1. The van der Waals surface area contributed by atoms with E-state index in [1.54, 1.807) is 24.3 Å². The van der Waals surface area contributed by atoms with Gasteiger partial charge in [-0.1, -0.05) is 31.7 Å². The van der Waals surface area contributed by atoms with Gasteiger partial charge in [-0.15, -0.1) is 18.3 Å². The highest BCUT2D eigenvalue weighted by Gasteiger charge is 2.33. The predicted molar refractivity (Wildman–Crippen MR) is 164 cm³/mol. The van der Waals surface area contributed by atoms with Crippen LogP contribution in [0.5, 0.6) is 17.2 Å². The van der Waals surface area contributed by atoms with Crippen LogP contribution in [0.25, 0.3) is 17.1 Å². The van der Waals surface area contributed by atoms with E-state index in [4.69, 9.17) is 9.47 Å². The first-order valence-electron chi connectivity index (χ1n) is 13.5. The van der Waals surface area contributed by atoms with Gasteiger partial charge in [-0.3, -0.25) is 9.69 Å². The lowest BCUT2D eigenvalue weighted by Crippen LogP contribution is -2.31. The lowest BCUT2D eigenvalue weighted by atomic mass is 10.00. The Hall–Kier alpha value is -5.05. The molecular formula is C30H27F3N6O5S. The number of rotatable bonds is 8. The number of amides is 3. The zero-order chi connectivity index (χ0) is 32.3. The molecule has 5 rings (SSSR count). The van der Waals surface area contributed by atoms with Crippen LogP contribution < -0.4 is 24.4 Å². The number of alkyl halides is 3. The van der Waals surface area contributed by atoms with Crippen molar-refractivity contribution in [1.82, 2.24) is 14.8 Å². The Morgan fingerprint density at radius 3 is 2.42 bits per heavy atom. The number of carbonyl (C=O) groups excluding carboxylic acids is 2. The van der Waals surface area contributed by atoms with Gasteiger partial charge in [-0.2, -0.15) is 4.99 Å². The number of hydrogen-bond acceptors (Lipinski definition) is 8. The maximum atomic E-state index is 13.0. The van der Waals surface area contributed by atoms with E-state index < -0.39 is 12.4 Å². The molecule has 4 aromatic rings. The second-order valence-corrected chi connectivity index (χ2v) is 10.8. The molecule has 0 bridgehead atoms. The van der Waals surface area contributed by atoms with Gasteiger partial charge in [-0.05, 0) is 60.0 Å². The minimum atomic E-state index is -4.79. The molecular weight excluding hydrogens is 613 g/mol. The van der Waals surface area contributed by atoms with Gasteiger partial charge >= 0.3 is 12.4 Å². The van der Waals surface area contributed by atoms with Crippen LogP contribution in [0.3, 0.4) is 0 Å². The molecule has 0 saturated carbocycles. The fraction of sp³-hybridized carbons (Fsp3) is 0.233. The number of amidine groups is 1. The predicted octanol–water partition coefficient (Wildman–Crippen LogP) is 6.64. The highest BCUT2D eigenvalue weighted by Crippen LogP contribution is 2.36. The topological polar surface area (TPSA) is 120 Å². The van der Waals surface area contributed by atoms with Crippen LogP contribution in [0.15, 0.2) is 72.0 Å². The molecule has 0 aliphatic carbocycles. The molecule has 1 fully saturated rings. The van der Waals surface area contributed by atoms with E-state index in [0.29, 0.717) is 39.9 Å². The van der Waals surface area contributed by atoms with E-state index in [9.17, 15) is 22.8 Å². The minimum absolute atomic E-state index is 0.0986. The Labute approximate surface area is 260 Å². The summed E-state index contributed by atoms with van der Waals surface area (Å²) in [5.74, 6) is 0.837. The number of benzene rings is 3. The first kappa shape index (κ1) is 31.4. The van der Waals surface area contributed by atoms with E-state index >= 15 is 0 Å². The second-order valence-electron chi connectivity index (χ2n) is 9.89. The summed E-state index contributed by atoms with van der Waals surface area (Å²) in [6, 6.07) is 14.8. The molecule has 0 spiro atoms. The number of carbonyl (C=O) groups is 2. The summed E-state index contributed by atoms with van der Waals surface area (Å²) in [6.07, 6.45) is -3.38. The van der Waals surface area contributed by atoms with Gasteiger partial charge in [0.15, 0.2) is 11.0 Å². The van der Waals surface area contributed by atoms with Gasteiger partial charge in [0.05, 0.1) is 37.0 Å². The van der Waals surface area contributed by atoms with E-state index in [0.717, 1.165) is 17.3 Å². The Kier molecular flexibility index (Phi) is 8.99. The van der Waals surface area contributed by atoms with Crippen molar-refractivity contribution in [3.63, 3.8) is 0 Å². The quantitative estimate of drug-likeness (QED) is 0.228. The summed E-state index contributed by atoms with van der Waals surface area (Å²) in [4.78, 5) is 35.9. The van der Waals surface area contributed by atoms with Gasteiger partial charge in [0.1, 0.15) is 23.6 Å². The Morgan fingerprint density at radius 1 is 1.02 bits per heavy atom. The fourth-order valence-corrected chi connectivity index (χ4v) is 5.36. The third-order valence-electron chi connectivity index (χ3n) is 6.59. The van der Waals surface area contributed by atoms with Gasteiger partial charge < -0.3 is 19.5 Å². The van der Waals surface area contributed by atoms with Crippen LogP contribution in [-0.4, -0.2) is 58.2 Å². The molecule has 0 atom stereocenters. The van der Waals surface area contributed by atoms with Crippen molar-refractivity contribution in [2.75, 3.05) is 30.2 Å². The van der Waals surface area contributed by atoms with Gasteiger partial charge in [0.2, 0.25) is 5.91 Å².